The molecule has 0 aliphatic carbocycles. The van der Waals surface area contributed by atoms with Crippen LogP contribution in [-0.4, -0.2) is 23.1 Å². The maximum absolute atomic E-state index is 6.01. The number of rotatable bonds is 3. The van der Waals surface area contributed by atoms with Crippen LogP contribution in [0.1, 0.15) is 20.8 Å². The Morgan fingerprint density at radius 2 is 1.87 bits per heavy atom. The lowest BCUT2D eigenvalue weighted by atomic mass is 10.1. The van der Waals surface area contributed by atoms with Gasteiger partial charge in [-0.25, -0.2) is 4.98 Å². The average molecular weight is 248 g/mol. The van der Waals surface area contributed by atoms with E-state index in [-0.39, 0.29) is 5.28 Å². The first-order chi connectivity index (χ1) is 6.93. The lowest BCUT2D eigenvalue weighted by molar-refractivity contribution is 0.502. The van der Waals surface area contributed by atoms with E-state index in [4.69, 9.17) is 23.2 Å². The van der Waals surface area contributed by atoms with E-state index < -0.39 is 0 Å². The summed E-state index contributed by atoms with van der Waals surface area (Å²) in [6.07, 6.45) is 1.52. The van der Waals surface area contributed by atoms with Crippen molar-refractivity contribution in [1.29, 1.82) is 0 Å². The molecular formula is C10H15Cl2N3. The highest BCUT2D eigenvalue weighted by molar-refractivity contribution is 6.33. The number of halogens is 2. The maximum Gasteiger partial charge on any atom is 0.224 e. The molecule has 3 nitrogen and oxygen atoms in total. The fraction of sp³-hybridized carbons (Fsp3) is 0.600. The molecule has 0 radical (unpaired) electrons. The van der Waals surface area contributed by atoms with Crippen LogP contribution in [0, 0.1) is 5.92 Å². The van der Waals surface area contributed by atoms with E-state index in [1.54, 1.807) is 0 Å². The zero-order chi connectivity index (χ0) is 11.6. The lowest BCUT2D eigenvalue weighted by Crippen LogP contribution is -2.34. The summed E-state index contributed by atoms with van der Waals surface area (Å²) in [6, 6.07) is 0.341. The summed E-state index contributed by atoms with van der Waals surface area (Å²) in [7, 11) is 1.95. The zero-order valence-corrected chi connectivity index (χ0v) is 10.8. The highest BCUT2D eigenvalue weighted by atomic mass is 35.5. The second-order valence-electron chi connectivity index (χ2n) is 3.91. The Kier molecular flexibility index (Phi) is 4.17. The molecule has 1 unspecified atom stereocenters. The van der Waals surface area contributed by atoms with Crippen molar-refractivity contribution in [1.82, 2.24) is 9.97 Å². The largest absolute Gasteiger partial charge is 0.355 e. The highest BCUT2D eigenvalue weighted by Gasteiger charge is 2.17. The van der Waals surface area contributed by atoms with E-state index in [0.717, 1.165) is 0 Å². The van der Waals surface area contributed by atoms with E-state index in [1.165, 1.54) is 6.20 Å². The molecule has 0 fully saturated rings. The van der Waals surface area contributed by atoms with Crippen molar-refractivity contribution in [2.75, 3.05) is 11.9 Å². The second-order valence-corrected chi connectivity index (χ2v) is 4.65. The number of anilines is 1. The third-order valence-electron chi connectivity index (χ3n) is 2.61. The van der Waals surface area contributed by atoms with Crippen LogP contribution in [0.15, 0.2) is 6.20 Å². The van der Waals surface area contributed by atoms with Gasteiger partial charge in [0.25, 0.3) is 0 Å². The van der Waals surface area contributed by atoms with Gasteiger partial charge in [-0.3, -0.25) is 0 Å². The molecule has 0 spiro atoms. The molecule has 1 aromatic rings. The predicted octanol–water partition coefficient (Wildman–Crippen LogP) is 3.26. The van der Waals surface area contributed by atoms with Gasteiger partial charge in [0.05, 0.1) is 6.20 Å². The van der Waals surface area contributed by atoms with Gasteiger partial charge in [0, 0.05) is 13.1 Å². The predicted molar refractivity (Wildman–Crippen MR) is 64.8 cm³/mol. The molecule has 84 valence electrons. The van der Waals surface area contributed by atoms with Crippen LogP contribution >= 0.6 is 23.2 Å². The Bertz CT molecular complexity index is 341. The molecule has 0 saturated heterocycles. The highest BCUT2D eigenvalue weighted by Crippen LogP contribution is 2.25. The molecule has 1 atom stereocenters. The smallest absolute Gasteiger partial charge is 0.224 e. The molecule has 0 bridgehead atoms. The van der Waals surface area contributed by atoms with Crippen LogP contribution in [-0.2, 0) is 0 Å². The van der Waals surface area contributed by atoms with Crippen LogP contribution in [0.2, 0.25) is 10.3 Å². The van der Waals surface area contributed by atoms with Crippen LogP contribution in [0.5, 0.6) is 0 Å². The molecule has 15 heavy (non-hydrogen) atoms. The van der Waals surface area contributed by atoms with E-state index in [9.17, 15) is 0 Å². The van der Waals surface area contributed by atoms with E-state index in [2.05, 4.69) is 30.7 Å². The zero-order valence-electron chi connectivity index (χ0n) is 9.33. The van der Waals surface area contributed by atoms with Crippen molar-refractivity contribution in [3.05, 3.63) is 16.5 Å². The monoisotopic (exact) mass is 247 g/mol. The minimum Gasteiger partial charge on any atom is -0.355 e. The number of nitrogens with zero attached hydrogens (tertiary/aromatic N) is 3. The molecule has 1 rings (SSSR count). The number of hydrogen-bond acceptors (Lipinski definition) is 3. The quantitative estimate of drug-likeness (QED) is 0.769. The van der Waals surface area contributed by atoms with Crippen molar-refractivity contribution in [3.8, 4) is 0 Å². The normalized spacial score (nSPS) is 13.0. The van der Waals surface area contributed by atoms with Crippen LogP contribution < -0.4 is 4.90 Å². The van der Waals surface area contributed by atoms with Gasteiger partial charge in [0.1, 0.15) is 5.02 Å². The van der Waals surface area contributed by atoms with Gasteiger partial charge in [-0.15, -0.1) is 0 Å². The fourth-order valence-electron chi connectivity index (χ4n) is 1.22. The van der Waals surface area contributed by atoms with Crippen LogP contribution in [0.3, 0.4) is 0 Å². The van der Waals surface area contributed by atoms with Gasteiger partial charge in [-0.05, 0) is 24.4 Å². The summed E-state index contributed by atoms with van der Waals surface area (Å²) in [6.45, 7) is 6.42. The standard InChI is InChI=1S/C10H15Cl2N3/c1-6(2)7(3)15(4)9-8(11)5-13-10(12)14-9/h5-7H,1-4H3. The number of aromatic nitrogens is 2. The first kappa shape index (κ1) is 12.5. The Labute approximate surface area is 100 Å². The van der Waals surface area contributed by atoms with Gasteiger partial charge < -0.3 is 4.90 Å². The second kappa shape index (κ2) is 4.99. The van der Waals surface area contributed by atoms with E-state index in [1.807, 2.05) is 11.9 Å². The molecule has 0 amide bonds. The van der Waals surface area contributed by atoms with Crippen molar-refractivity contribution >= 4 is 29.0 Å². The van der Waals surface area contributed by atoms with Crippen molar-refractivity contribution < 1.29 is 0 Å². The minimum atomic E-state index is 0.220. The van der Waals surface area contributed by atoms with Gasteiger partial charge in [-0.2, -0.15) is 4.98 Å². The summed E-state index contributed by atoms with van der Waals surface area (Å²) in [5.74, 6) is 1.19. The third kappa shape index (κ3) is 2.95. The Balaban J connectivity index is 2.99. The molecule has 1 heterocycles. The first-order valence-corrected chi connectivity index (χ1v) is 5.60. The lowest BCUT2D eigenvalue weighted by Gasteiger charge is -2.29. The summed E-state index contributed by atoms with van der Waals surface area (Å²) >= 11 is 11.8. The summed E-state index contributed by atoms with van der Waals surface area (Å²) < 4.78 is 0. The SMILES string of the molecule is CC(C)C(C)N(C)c1nc(Cl)ncc1Cl. The molecule has 0 N–H and O–H groups in total. The summed E-state index contributed by atoms with van der Waals surface area (Å²) in [4.78, 5) is 9.96. The van der Waals surface area contributed by atoms with Crippen LogP contribution in [0.4, 0.5) is 5.82 Å². The van der Waals surface area contributed by atoms with Gasteiger partial charge >= 0.3 is 0 Å². The van der Waals surface area contributed by atoms with E-state index >= 15 is 0 Å². The molecule has 5 heteroatoms. The Hall–Kier alpha value is -0.540. The Morgan fingerprint density at radius 1 is 1.27 bits per heavy atom. The summed E-state index contributed by atoms with van der Waals surface area (Å²) in [5, 5.41) is 0.742. The molecule has 0 saturated carbocycles. The molecule has 0 aliphatic heterocycles. The molecule has 0 aromatic carbocycles. The Morgan fingerprint density at radius 3 is 2.40 bits per heavy atom. The fourth-order valence-corrected chi connectivity index (χ4v) is 1.58. The molecule has 0 aliphatic rings. The average Bonchev–Trinajstić information content (AvgIpc) is 2.19. The van der Waals surface area contributed by atoms with Gasteiger partial charge in [0.2, 0.25) is 5.28 Å². The molecule has 1 aromatic heterocycles. The van der Waals surface area contributed by atoms with Gasteiger partial charge in [0.15, 0.2) is 5.82 Å². The topological polar surface area (TPSA) is 29.0 Å². The number of hydrogen-bond donors (Lipinski definition) is 0. The van der Waals surface area contributed by atoms with E-state index in [0.29, 0.717) is 22.8 Å². The van der Waals surface area contributed by atoms with Gasteiger partial charge in [-0.1, -0.05) is 25.4 Å². The van der Waals surface area contributed by atoms with Crippen molar-refractivity contribution in [2.24, 2.45) is 5.92 Å². The maximum atomic E-state index is 6.01. The minimum absolute atomic E-state index is 0.220. The van der Waals surface area contributed by atoms with Crippen molar-refractivity contribution in [3.63, 3.8) is 0 Å². The van der Waals surface area contributed by atoms with Crippen molar-refractivity contribution in [2.45, 2.75) is 26.8 Å². The third-order valence-corrected chi connectivity index (χ3v) is 3.05. The summed E-state index contributed by atoms with van der Waals surface area (Å²) in [5.41, 5.74) is 0. The first-order valence-electron chi connectivity index (χ1n) is 4.84. The van der Waals surface area contributed by atoms with Crippen LogP contribution in [0.25, 0.3) is 0 Å². The molecular weight excluding hydrogens is 233 g/mol.